The van der Waals surface area contributed by atoms with Crippen LogP contribution in [0.5, 0.6) is 0 Å². The van der Waals surface area contributed by atoms with Gasteiger partial charge in [0, 0.05) is 31.7 Å². The van der Waals surface area contributed by atoms with Crippen molar-refractivity contribution in [3.05, 3.63) is 0 Å². The Balaban J connectivity index is 2.80. The molecule has 1 saturated heterocycles. The van der Waals surface area contributed by atoms with Gasteiger partial charge in [0.05, 0.1) is 0 Å². The van der Waals surface area contributed by atoms with Crippen molar-refractivity contribution in [2.45, 2.75) is 65.2 Å². The van der Waals surface area contributed by atoms with Gasteiger partial charge in [-0.3, -0.25) is 0 Å². The number of carbonyl (C=O) groups excluding carboxylic acids is 2. The molecule has 1 rings (SSSR count). The second kappa shape index (κ2) is 6.55. The lowest BCUT2D eigenvalue weighted by Crippen LogP contribution is -2.54. The van der Waals surface area contributed by atoms with Gasteiger partial charge in [0.2, 0.25) is 0 Å². The van der Waals surface area contributed by atoms with Gasteiger partial charge in [-0.25, -0.2) is 9.59 Å². The highest BCUT2D eigenvalue weighted by atomic mass is 16.6. The lowest BCUT2D eigenvalue weighted by Gasteiger charge is -2.32. The molecule has 0 aliphatic carbocycles. The summed E-state index contributed by atoms with van der Waals surface area (Å²) in [5, 5.41) is 0. The van der Waals surface area contributed by atoms with E-state index < -0.39 is 28.9 Å². The van der Waals surface area contributed by atoms with Crippen LogP contribution in [0.4, 0.5) is 9.59 Å². The van der Waals surface area contributed by atoms with Crippen LogP contribution < -0.4 is 5.73 Å². The summed E-state index contributed by atoms with van der Waals surface area (Å²) in [4.78, 5) is 27.6. The zero-order chi connectivity index (χ0) is 18.1. The Morgan fingerprint density at radius 3 is 1.43 bits per heavy atom. The maximum atomic E-state index is 12.3. The molecule has 0 radical (unpaired) electrons. The fraction of sp³-hybridized carbons (Fsp3) is 0.875. The van der Waals surface area contributed by atoms with E-state index in [1.165, 1.54) is 0 Å². The molecule has 0 aromatic heterocycles. The Labute approximate surface area is 139 Å². The van der Waals surface area contributed by atoms with Crippen molar-refractivity contribution in [3.8, 4) is 0 Å². The van der Waals surface area contributed by atoms with E-state index in [0.717, 1.165) is 0 Å². The van der Waals surface area contributed by atoms with Gasteiger partial charge in [0.15, 0.2) is 0 Å². The topological polar surface area (TPSA) is 85.1 Å². The minimum Gasteiger partial charge on any atom is -0.444 e. The van der Waals surface area contributed by atoms with Crippen LogP contribution in [0.15, 0.2) is 0 Å². The molecule has 1 aliphatic rings. The SMILES string of the molecule is CC1(N)CN(C(=O)OC(C)(C)C)CCN(C(=O)OC(C)(C)C)C1. The zero-order valence-electron chi connectivity index (χ0n) is 15.4. The third kappa shape index (κ3) is 7.07. The molecule has 1 heterocycles. The van der Waals surface area contributed by atoms with E-state index in [1.54, 1.807) is 9.80 Å². The molecule has 0 bridgehead atoms. The van der Waals surface area contributed by atoms with Gasteiger partial charge in [-0.05, 0) is 48.5 Å². The molecule has 0 aromatic rings. The maximum absolute atomic E-state index is 12.3. The second-order valence-corrected chi connectivity index (χ2v) is 8.46. The summed E-state index contributed by atoms with van der Waals surface area (Å²) in [6.45, 7) is 14.1. The summed E-state index contributed by atoms with van der Waals surface area (Å²) in [5.74, 6) is 0. The van der Waals surface area contributed by atoms with Crippen LogP contribution in [0.25, 0.3) is 0 Å². The van der Waals surface area contributed by atoms with E-state index in [0.29, 0.717) is 26.2 Å². The number of hydrogen-bond acceptors (Lipinski definition) is 5. The molecule has 2 amide bonds. The van der Waals surface area contributed by atoms with E-state index in [2.05, 4.69) is 0 Å². The molecule has 1 fully saturated rings. The Bertz CT molecular complexity index is 409. The molecule has 2 N–H and O–H groups in total. The summed E-state index contributed by atoms with van der Waals surface area (Å²) in [6.07, 6.45) is -0.833. The Morgan fingerprint density at radius 2 is 1.17 bits per heavy atom. The first-order valence-electron chi connectivity index (χ1n) is 7.93. The molecular formula is C16H31N3O4. The number of amides is 2. The van der Waals surface area contributed by atoms with Crippen LogP contribution >= 0.6 is 0 Å². The lowest BCUT2D eigenvalue weighted by molar-refractivity contribution is 0.0200. The van der Waals surface area contributed by atoms with Crippen molar-refractivity contribution in [2.24, 2.45) is 5.73 Å². The summed E-state index contributed by atoms with van der Waals surface area (Å²) >= 11 is 0. The average molecular weight is 329 g/mol. The Hall–Kier alpha value is -1.50. The molecule has 0 unspecified atom stereocenters. The van der Waals surface area contributed by atoms with Crippen molar-refractivity contribution in [3.63, 3.8) is 0 Å². The van der Waals surface area contributed by atoms with Crippen LogP contribution in [0.2, 0.25) is 0 Å². The number of hydrogen-bond donors (Lipinski definition) is 1. The highest BCUT2D eigenvalue weighted by Gasteiger charge is 2.36. The number of rotatable bonds is 0. The number of carbonyl (C=O) groups is 2. The zero-order valence-corrected chi connectivity index (χ0v) is 15.4. The molecule has 1 aliphatic heterocycles. The Kier molecular flexibility index (Phi) is 5.57. The summed E-state index contributed by atoms with van der Waals surface area (Å²) < 4.78 is 10.8. The summed E-state index contributed by atoms with van der Waals surface area (Å²) in [5.41, 5.74) is 4.39. The fourth-order valence-electron chi connectivity index (χ4n) is 2.29. The van der Waals surface area contributed by atoms with E-state index >= 15 is 0 Å². The predicted octanol–water partition coefficient (Wildman–Crippen LogP) is 2.19. The van der Waals surface area contributed by atoms with Gasteiger partial charge in [-0.2, -0.15) is 0 Å². The standard InChI is InChI=1S/C16H31N3O4/c1-14(2,3)22-12(20)18-8-9-19(11-16(7,17)10-18)13(21)23-15(4,5)6/h8-11,17H2,1-7H3. The van der Waals surface area contributed by atoms with Gasteiger partial charge in [-0.1, -0.05) is 0 Å². The highest BCUT2D eigenvalue weighted by Crippen LogP contribution is 2.18. The Morgan fingerprint density at radius 1 is 0.870 bits per heavy atom. The molecule has 7 heteroatoms. The van der Waals surface area contributed by atoms with Crippen LogP contribution in [-0.2, 0) is 9.47 Å². The van der Waals surface area contributed by atoms with Crippen molar-refractivity contribution in [1.82, 2.24) is 9.80 Å². The third-order valence-electron chi connectivity index (χ3n) is 3.05. The van der Waals surface area contributed by atoms with E-state index in [9.17, 15) is 9.59 Å². The normalized spacial score (nSPS) is 19.1. The smallest absolute Gasteiger partial charge is 0.410 e. The fourth-order valence-corrected chi connectivity index (χ4v) is 2.29. The van der Waals surface area contributed by atoms with Crippen LogP contribution in [-0.4, -0.2) is 64.9 Å². The molecule has 134 valence electrons. The molecule has 0 aromatic carbocycles. The average Bonchev–Trinajstić information content (AvgIpc) is 2.43. The van der Waals surface area contributed by atoms with Crippen LogP contribution in [0.3, 0.4) is 0 Å². The largest absolute Gasteiger partial charge is 0.444 e. The second-order valence-electron chi connectivity index (χ2n) is 8.46. The maximum Gasteiger partial charge on any atom is 0.410 e. The van der Waals surface area contributed by atoms with E-state index in [1.807, 2.05) is 48.5 Å². The molecule has 23 heavy (non-hydrogen) atoms. The third-order valence-corrected chi connectivity index (χ3v) is 3.05. The number of ether oxygens (including phenoxy) is 2. The minimum atomic E-state index is -0.732. The summed E-state index contributed by atoms with van der Waals surface area (Å²) in [6, 6.07) is 0. The number of nitrogens with two attached hydrogens (primary N) is 1. The minimum absolute atomic E-state index is 0.321. The van der Waals surface area contributed by atoms with Gasteiger partial charge in [-0.15, -0.1) is 0 Å². The molecule has 7 nitrogen and oxygen atoms in total. The van der Waals surface area contributed by atoms with E-state index in [-0.39, 0.29) is 0 Å². The summed E-state index contributed by atoms with van der Waals surface area (Å²) in [7, 11) is 0. The van der Waals surface area contributed by atoms with Gasteiger partial charge in [0.1, 0.15) is 11.2 Å². The highest BCUT2D eigenvalue weighted by molar-refractivity contribution is 5.70. The van der Waals surface area contributed by atoms with Crippen molar-refractivity contribution < 1.29 is 19.1 Å². The lowest BCUT2D eigenvalue weighted by atomic mass is 10.0. The first kappa shape index (κ1) is 19.5. The van der Waals surface area contributed by atoms with Gasteiger partial charge >= 0.3 is 12.2 Å². The van der Waals surface area contributed by atoms with E-state index in [4.69, 9.17) is 15.2 Å². The van der Waals surface area contributed by atoms with Crippen LogP contribution in [0, 0.1) is 0 Å². The monoisotopic (exact) mass is 329 g/mol. The van der Waals surface area contributed by atoms with Crippen molar-refractivity contribution in [1.29, 1.82) is 0 Å². The van der Waals surface area contributed by atoms with Crippen LogP contribution in [0.1, 0.15) is 48.5 Å². The van der Waals surface area contributed by atoms with Gasteiger partial charge in [0.25, 0.3) is 0 Å². The number of nitrogens with zero attached hydrogens (tertiary/aromatic N) is 2. The molecule has 0 saturated carbocycles. The first-order valence-corrected chi connectivity index (χ1v) is 7.93. The predicted molar refractivity (Wildman–Crippen MR) is 88.2 cm³/mol. The van der Waals surface area contributed by atoms with Gasteiger partial charge < -0.3 is 25.0 Å². The first-order chi connectivity index (χ1) is 10.2. The quantitative estimate of drug-likeness (QED) is 0.736. The molecule has 0 atom stereocenters. The molecule has 0 spiro atoms. The molecular weight excluding hydrogens is 298 g/mol. The van der Waals surface area contributed by atoms with Crippen molar-refractivity contribution >= 4 is 12.2 Å². The van der Waals surface area contributed by atoms with Crippen molar-refractivity contribution in [2.75, 3.05) is 26.2 Å².